The molecule has 0 fully saturated rings. The van der Waals surface area contributed by atoms with Gasteiger partial charge in [0.1, 0.15) is 5.60 Å². The first-order valence-corrected chi connectivity index (χ1v) is 7.50. The van der Waals surface area contributed by atoms with Crippen molar-refractivity contribution in [3.8, 4) is 0 Å². The topological polar surface area (TPSA) is 64.1 Å². The zero-order valence-corrected chi connectivity index (χ0v) is 14.2. The first kappa shape index (κ1) is 16.0. The number of carbonyl (C=O) groups is 1. The first-order valence-electron chi connectivity index (χ1n) is 6.33. The Morgan fingerprint density at radius 3 is 2.71 bits per heavy atom. The summed E-state index contributed by atoms with van der Waals surface area (Å²) in [7, 11) is 0. The van der Waals surface area contributed by atoms with Gasteiger partial charge in [-0.2, -0.15) is 0 Å². The summed E-state index contributed by atoms with van der Waals surface area (Å²) in [4.78, 5) is 20.3. The van der Waals surface area contributed by atoms with Crippen molar-refractivity contribution in [3.05, 3.63) is 33.5 Å². The molecule has 7 heteroatoms. The highest BCUT2D eigenvalue weighted by Gasteiger charge is 2.16. The van der Waals surface area contributed by atoms with Gasteiger partial charge in [0.15, 0.2) is 5.15 Å². The van der Waals surface area contributed by atoms with Crippen molar-refractivity contribution >= 4 is 44.7 Å². The number of hydrogen-bond donors (Lipinski definition) is 1. The number of nitrogens with one attached hydrogen (secondary N) is 1. The number of aromatic nitrogens is 2. The molecule has 0 saturated carbocycles. The minimum Gasteiger partial charge on any atom is -0.444 e. The van der Waals surface area contributed by atoms with Gasteiger partial charge in [0.2, 0.25) is 0 Å². The second kappa shape index (κ2) is 6.15. The molecule has 2 aromatic rings. The fourth-order valence-corrected chi connectivity index (χ4v) is 2.17. The molecule has 2 rings (SSSR count). The number of rotatable bonds is 2. The third kappa shape index (κ3) is 4.54. The van der Waals surface area contributed by atoms with Crippen molar-refractivity contribution in [1.29, 1.82) is 0 Å². The number of amides is 1. The zero-order chi connectivity index (χ0) is 15.6. The van der Waals surface area contributed by atoms with E-state index in [0.29, 0.717) is 16.7 Å². The van der Waals surface area contributed by atoms with E-state index in [1.165, 1.54) is 0 Å². The highest BCUT2D eigenvalue weighted by atomic mass is 79.9. The lowest BCUT2D eigenvalue weighted by molar-refractivity contribution is 0.0523. The molecule has 0 aliphatic carbocycles. The molecule has 0 atom stereocenters. The molecule has 112 valence electrons. The van der Waals surface area contributed by atoms with E-state index in [1.54, 1.807) is 20.8 Å². The molecule has 1 aromatic heterocycles. The molecule has 5 nitrogen and oxygen atoms in total. The standard InChI is InChI=1S/C14H15BrClN3O2/c1-14(2,3)21-13(20)17-7-11-12(16)19-9-5-4-8(15)6-10(9)18-11/h4-6H,7H2,1-3H3,(H,17,20). The Balaban J connectivity index is 2.15. The lowest BCUT2D eigenvalue weighted by Crippen LogP contribution is -2.32. The largest absolute Gasteiger partial charge is 0.444 e. The summed E-state index contributed by atoms with van der Waals surface area (Å²) in [5.74, 6) is 0. The molecule has 21 heavy (non-hydrogen) atoms. The summed E-state index contributed by atoms with van der Waals surface area (Å²) < 4.78 is 6.06. The Labute approximate surface area is 136 Å². The second-order valence-electron chi connectivity index (χ2n) is 5.45. The fraction of sp³-hybridized carbons (Fsp3) is 0.357. The normalized spacial score (nSPS) is 11.5. The van der Waals surface area contributed by atoms with Crippen LogP contribution in [-0.2, 0) is 11.3 Å². The monoisotopic (exact) mass is 371 g/mol. The molecule has 1 amide bonds. The Morgan fingerprint density at radius 1 is 1.33 bits per heavy atom. The van der Waals surface area contributed by atoms with E-state index in [9.17, 15) is 4.79 Å². The van der Waals surface area contributed by atoms with Gasteiger partial charge >= 0.3 is 6.09 Å². The van der Waals surface area contributed by atoms with Crippen LogP contribution in [0.3, 0.4) is 0 Å². The van der Waals surface area contributed by atoms with E-state index < -0.39 is 11.7 Å². The smallest absolute Gasteiger partial charge is 0.407 e. The van der Waals surface area contributed by atoms with Crippen molar-refractivity contribution in [2.45, 2.75) is 32.9 Å². The number of carbonyl (C=O) groups excluding carboxylic acids is 1. The molecule has 0 spiro atoms. The molecule has 0 saturated heterocycles. The zero-order valence-electron chi connectivity index (χ0n) is 11.9. The summed E-state index contributed by atoms with van der Waals surface area (Å²) in [6.45, 7) is 5.55. The van der Waals surface area contributed by atoms with Gasteiger partial charge < -0.3 is 10.1 Å². The van der Waals surface area contributed by atoms with Crippen LogP contribution in [-0.4, -0.2) is 21.7 Å². The molecule has 0 unspecified atom stereocenters. The third-order valence-corrected chi connectivity index (χ3v) is 3.24. The lowest BCUT2D eigenvalue weighted by atomic mass is 10.2. The molecular weight excluding hydrogens is 358 g/mol. The number of halogens is 2. The van der Waals surface area contributed by atoms with Crippen LogP contribution in [0.5, 0.6) is 0 Å². The maximum absolute atomic E-state index is 11.6. The number of ether oxygens (including phenoxy) is 1. The van der Waals surface area contributed by atoms with Crippen LogP contribution in [0, 0.1) is 0 Å². The second-order valence-corrected chi connectivity index (χ2v) is 6.72. The molecule has 1 N–H and O–H groups in total. The van der Waals surface area contributed by atoms with E-state index in [2.05, 4.69) is 31.2 Å². The number of alkyl carbamates (subject to hydrolysis) is 1. The summed E-state index contributed by atoms with van der Waals surface area (Å²) in [5, 5.41) is 2.88. The van der Waals surface area contributed by atoms with Crippen LogP contribution in [0.4, 0.5) is 4.79 Å². The van der Waals surface area contributed by atoms with Gasteiger partial charge in [-0.05, 0) is 39.0 Å². The van der Waals surface area contributed by atoms with Crippen molar-refractivity contribution in [1.82, 2.24) is 15.3 Å². The highest BCUT2D eigenvalue weighted by molar-refractivity contribution is 9.10. The Bertz CT molecular complexity index is 686. The van der Waals surface area contributed by atoms with E-state index in [4.69, 9.17) is 16.3 Å². The summed E-state index contributed by atoms with van der Waals surface area (Å²) in [6.07, 6.45) is -0.519. The van der Waals surface area contributed by atoms with E-state index in [0.717, 1.165) is 4.47 Å². The maximum atomic E-state index is 11.6. The van der Waals surface area contributed by atoms with Crippen LogP contribution in [0.15, 0.2) is 22.7 Å². The summed E-state index contributed by atoms with van der Waals surface area (Å²) >= 11 is 9.46. The number of benzene rings is 1. The van der Waals surface area contributed by atoms with Crippen LogP contribution in [0.1, 0.15) is 26.5 Å². The molecule has 1 aromatic carbocycles. The molecule has 0 bridgehead atoms. The number of fused-ring (bicyclic) bond motifs is 1. The van der Waals surface area contributed by atoms with Crippen LogP contribution in [0.2, 0.25) is 5.15 Å². The van der Waals surface area contributed by atoms with Gasteiger partial charge in [-0.3, -0.25) is 0 Å². The Hall–Kier alpha value is -1.40. The highest BCUT2D eigenvalue weighted by Crippen LogP contribution is 2.20. The van der Waals surface area contributed by atoms with Crippen molar-refractivity contribution in [2.24, 2.45) is 0 Å². The van der Waals surface area contributed by atoms with Crippen molar-refractivity contribution in [3.63, 3.8) is 0 Å². The number of hydrogen-bond acceptors (Lipinski definition) is 4. The molecule has 0 aliphatic rings. The lowest BCUT2D eigenvalue weighted by Gasteiger charge is -2.19. The van der Waals surface area contributed by atoms with Crippen LogP contribution < -0.4 is 5.32 Å². The van der Waals surface area contributed by atoms with Crippen LogP contribution >= 0.6 is 27.5 Å². The molecule has 0 aliphatic heterocycles. The Morgan fingerprint density at radius 2 is 2.05 bits per heavy atom. The predicted octanol–water partition coefficient (Wildman–Crippen LogP) is 4.07. The minimum absolute atomic E-state index is 0.156. The SMILES string of the molecule is CC(C)(C)OC(=O)NCc1nc2cc(Br)ccc2nc1Cl. The third-order valence-electron chi connectivity index (χ3n) is 2.45. The average molecular weight is 373 g/mol. The van der Waals surface area contributed by atoms with E-state index in [1.807, 2.05) is 18.2 Å². The van der Waals surface area contributed by atoms with Gasteiger partial charge in [0.25, 0.3) is 0 Å². The Kier molecular flexibility index (Phi) is 4.68. The van der Waals surface area contributed by atoms with Gasteiger partial charge in [-0.25, -0.2) is 14.8 Å². The summed E-state index contributed by atoms with van der Waals surface area (Å²) in [5.41, 5.74) is 1.35. The number of nitrogens with zero attached hydrogens (tertiary/aromatic N) is 2. The van der Waals surface area contributed by atoms with Gasteiger partial charge in [0, 0.05) is 4.47 Å². The quantitative estimate of drug-likeness (QED) is 0.863. The maximum Gasteiger partial charge on any atom is 0.407 e. The van der Waals surface area contributed by atoms with Gasteiger partial charge in [-0.15, -0.1) is 0 Å². The average Bonchev–Trinajstić information content (AvgIpc) is 2.34. The van der Waals surface area contributed by atoms with Gasteiger partial charge in [0.05, 0.1) is 23.3 Å². The van der Waals surface area contributed by atoms with E-state index >= 15 is 0 Å². The van der Waals surface area contributed by atoms with Crippen LogP contribution in [0.25, 0.3) is 11.0 Å². The fourth-order valence-electron chi connectivity index (χ4n) is 1.63. The predicted molar refractivity (Wildman–Crippen MR) is 85.3 cm³/mol. The molecule has 1 heterocycles. The summed E-state index contributed by atoms with van der Waals surface area (Å²) in [6, 6.07) is 5.53. The van der Waals surface area contributed by atoms with Crippen molar-refractivity contribution < 1.29 is 9.53 Å². The molecule has 0 radical (unpaired) electrons. The van der Waals surface area contributed by atoms with Gasteiger partial charge in [-0.1, -0.05) is 27.5 Å². The first-order chi connectivity index (χ1) is 9.74. The molecular formula is C14H15BrClN3O2. The van der Waals surface area contributed by atoms with E-state index in [-0.39, 0.29) is 11.7 Å². The van der Waals surface area contributed by atoms with Crippen molar-refractivity contribution in [2.75, 3.05) is 0 Å². The minimum atomic E-state index is -0.548.